The van der Waals surface area contributed by atoms with E-state index in [1.165, 1.54) is 0 Å². The maximum absolute atomic E-state index is 12.5. The molecule has 106 valence electrons. The summed E-state index contributed by atoms with van der Waals surface area (Å²) in [5.41, 5.74) is -0.934. The quantitative estimate of drug-likeness (QED) is 0.881. The van der Waals surface area contributed by atoms with Gasteiger partial charge in [-0.1, -0.05) is 0 Å². The van der Waals surface area contributed by atoms with E-state index in [9.17, 15) is 18.0 Å². The summed E-state index contributed by atoms with van der Waals surface area (Å²) in [4.78, 5) is 24.6. The first-order valence-corrected chi connectivity index (χ1v) is 5.52. The number of aromatic amines is 1. The maximum Gasteiger partial charge on any atom is 0.433 e. The first-order valence-electron chi connectivity index (χ1n) is 5.52. The number of hydrogen-bond acceptors (Lipinski definition) is 5. The van der Waals surface area contributed by atoms with Gasteiger partial charge in [-0.25, -0.2) is 15.0 Å². The molecule has 0 saturated heterocycles. The molecule has 2 aromatic heterocycles. The predicted octanol–water partition coefficient (Wildman–Crippen LogP) is 1.94. The van der Waals surface area contributed by atoms with Crippen molar-refractivity contribution in [2.75, 3.05) is 5.32 Å². The highest BCUT2D eigenvalue weighted by atomic mass is 19.4. The van der Waals surface area contributed by atoms with Crippen LogP contribution in [-0.2, 0) is 6.18 Å². The van der Waals surface area contributed by atoms with Gasteiger partial charge in [0, 0.05) is 17.5 Å². The normalized spacial score (nSPS) is 11.4. The molecule has 2 aromatic rings. The zero-order chi connectivity index (χ0) is 14.9. The predicted molar refractivity (Wildman–Crippen MR) is 64.6 cm³/mol. The zero-order valence-electron chi connectivity index (χ0n) is 10.5. The van der Waals surface area contributed by atoms with Crippen molar-refractivity contribution >= 4 is 11.9 Å². The van der Waals surface area contributed by atoms with Crippen LogP contribution >= 0.6 is 0 Å². The molecule has 0 spiro atoms. The lowest BCUT2D eigenvalue weighted by molar-refractivity contribution is -0.141. The van der Waals surface area contributed by atoms with Crippen LogP contribution < -0.4 is 10.9 Å². The Bertz CT molecular complexity index is 675. The Hall–Kier alpha value is -2.45. The Balaban J connectivity index is 2.39. The van der Waals surface area contributed by atoms with Gasteiger partial charge in [-0.05, 0) is 19.9 Å². The van der Waals surface area contributed by atoms with Crippen molar-refractivity contribution in [1.82, 2.24) is 19.9 Å². The van der Waals surface area contributed by atoms with Crippen LogP contribution in [0.2, 0.25) is 0 Å². The molecule has 0 aromatic carbocycles. The molecule has 2 rings (SSSR count). The minimum Gasteiger partial charge on any atom is -0.294 e. The van der Waals surface area contributed by atoms with E-state index < -0.39 is 17.4 Å². The highest BCUT2D eigenvalue weighted by Gasteiger charge is 2.33. The van der Waals surface area contributed by atoms with Crippen molar-refractivity contribution in [2.45, 2.75) is 20.0 Å². The van der Waals surface area contributed by atoms with E-state index in [2.05, 4.69) is 25.3 Å². The molecule has 0 saturated carbocycles. The average Bonchev–Trinajstić information content (AvgIpc) is 2.25. The number of alkyl halides is 3. The van der Waals surface area contributed by atoms with Crippen LogP contribution in [0.25, 0.3) is 0 Å². The molecular formula is C11H10F3N5O. The fourth-order valence-corrected chi connectivity index (χ4v) is 1.55. The van der Waals surface area contributed by atoms with E-state index in [1.807, 2.05) is 0 Å². The minimum absolute atomic E-state index is 0.0602. The highest BCUT2D eigenvalue weighted by molar-refractivity contribution is 5.43. The smallest absolute Gasteiger partial charge is 0.294 e. The van der Waals surface area contributed by atoms with Gasteiger partial charge in [0.15, 0.2) is 5.69 Å². The molecule has 2 N–H and O–H groups in total. The van der Waals surface area contributed by atoms with Gasteiger partial charge < -0.3 is 0 Å². The van der Waals surface area contributed by atoms with Crippen LogP contribution in [-0.4, -0.2) is 19.9 Å². The van der Waals surface area contributed by atoms with Crippen LogP contribution in [0.5, 0.6) is 0 Å². The van der Waals surface area contributed by atoms with Crippen molar-refractivity contribution in [3.05, 3.63) is 39.6 Å². The molecule has 0 atom stereocenters. The Kier molecular flexibility index (Phi) is 3.43. The molecule has 0 amide bonds. The van der Waals surface area contributed by atoms with Gasteiger partial charge in [0.2, 0.25) is 11.9 Å². The second kappa shape index (κ2) is 4.91. The van der Waals surface area contributed by atoms with Crippen LogP contribution in [0, 0.1) is 13.8 Å². The minimum atomic E-state index is -4.70. The molecule has 2 heterocycles. The standard InChI is InChI=1S/C11H10F3N5O/c1-5-3-6(2)16-9(15-5)19-10-17-7(11(12,13)14)4-8(20)18-10/h3-4H,1-2H3,(H2,15,16,17,18,19,20). The Morgan fingerprint density at radius 3 is 2.25 bits per heavy atom. The molecule has 0 aliphatic heterocycles. The van der Waals surface area contributed by atoms with Gasteiger partial charge in [0.05, 0.1) is 0 Å². The van der Waals surface area contributed by atoms with E-state index in [4.69, 9.17) is 0 Å². The van der Waals surface area contributed by atoms with Gasteiger partial charge in [-0.2, -0.15) is 13.2 Å². The van der Waals surface area contributed by atoms with E-state index >= 15 is 0 Å². The molecule has 20 heavy (non-hydrogen) atoms. The summed E-state index contributed by atoms with van der Waals surface area (Å²) < 4.78 is 37.6. The van der Waals surface area contributed by atoms with Crippen molar-refractivity contribution in [3.8, 4) is 0 Å². The fraction of sp³-hybridized carbons (Fsp3) is 0.273. The van der Waals surface area contributed by atoms with E-state index in [0.717, 1.165) is 0 Å². The second-order valence-electron chi connectivity index (χ2n) is 4.08. The number of nitrogens with zero attached hydrogens (tertiary/aromatic N) is 3. The van der Waals surface area contributed by atoms with Gasteiger partial charge in [-0.15, -0.1) is 0 Å². The third-order valence-corrected chi connectivity index (χ3v) is 2.24. The zero-order valence-corrected chi connectivity index (χ0v) is 10.5. The topological polar surface area (TPSA) is 83.6 Å². The highest BCUT2D eigenvalue weighted by Crippen LogP contribution is 2.27. The third-order valence-electron chi connectivity index (χ3n) is 2.24. The summed E-state index contributed by atoms with van der Waals surface area (Å²) in [5.74, 6) is -0.306. The Labute approximate surface area is 111 Å². The second-order valence-corrected chi connectivity index (χ2v) is 4.08. The first kappa shape index (κ1) is 14.0. The van der Waals surface area contributed by atoms with E-state index in [1.54, 1.807) is 19.9 Å². The summed E-state index contributed by atoms with van der Waals surface area (Å²) in [6.07, 6.45) is -4.70. The van der Waals surface area contributed by atoms with Gasteiger partial charge in [-0.3, -0.25) is 15.1 Å². The van der Waals surface area contributed by atoms with Crippen molar-refractivity contribution in [2.24, 2.45) is 0 Å². The number of rotatable bonds is 2. The third kappa shape index (κ3) is 3.31. The lowest BCUT2D eigenvalue weighted by Crippen LogP contribution is -2.18. The van der Waals surface area contributed by atoms with Crippen LogP contribution in [0.1, 0.15) is 17.1 Å². The lowest BCUT2D eigenvalue weighted by Gasteiger charge is -2.08. The maximum atomic E-state index is 12.5. The number of hydrogen-bond donors (Lipinski definition) is 2. The van der Waals surface area contributed by atoms with E-state index in [-0.39, 0.29) is 11.9 Å². The Morgan fingerprint density at radius 1 is 1.10 bits per heavy atom. The molecule has 0 aliphatic rings. The molecule has 0 fully saturated rings. The fourth-order valence-electron chi connectivity index (χ4n) is 1.55. The summed E-state index contributed by atoms with van der Waals surface area (Å²) in [7, 11) is 0. The number of halogens is 3. The first-order chi connectivity index (χ1) is 9.24. The number of aryl methyl sites for hydroxylation is 2. The van der Waals surface area contributed by atoms with Crippen LogP contribution in [0.3, 0.4) is 0 Å². The van der Waals surface area contributed by atoms with E-state index in [0.29, 0.717) is 17.5 Å². The van der Waals surface area contributed by atoms with Crippen molar-refractivity contribution in [3.63, 3.8) is 0 Å². The van der Waals surface area contributed by atoms with Crippen LogP contribution in [0.15, 0.2) is 16.9 Å². The Morgan fingerprint density at radius 2 is 1.70 bits per heavy atom. The monoisotopic (exact) mass is 285 g/mol. The van der Waals surface area contributed by atoms with Crippen molar-refractivity contribution < 1.29 is 13.2 Å². The van der Waals surface area contributed by atoms with Crippen molar-refractivity contribution in [1.29, 1.82) is 0 Å². The van der Waals surface area contributed by atoms with Gasteiger partial charge in [0.25, 0.3) is 5.56 Å². The molecule has 0 radical (unpaired) electrons. The average molecular weight is 285 g/mol. The summed E-state index contributed by atoms with van der Waals surface area (Å²) in [6, 6.07) is 2.08. The molecule has 9 heteroatoms. The molecular weight excluding hydrogens is 275 g/mol. The number of aromatic nitrogens is 4. The molecule has 0 unspecified atom stereocenters. The summed E-state index contributed by atoms with van der Waals surface area (Å²) >= 11 is 0. The molecule has 6 nitrogen and oxygen atoms in total. The van der Waals surface area contributed by atoms with Crippen LogP contribution in [0.4, 0.5) is 25.1 Å². The summed E-state index contributed by atoms with van der Waals surface area (Å²) in [6.45, 7) is 3.42. The number of anilines is 2. The summed E-state index contributed by atoms with van der Waals surface area (Å²) in [5, 5.41) is 2.45. The number of nitrogens with one attached hydrogen (secondary N) is 2. The SMILES string of the molecule is Cc1cc(C)nc(Nc2nc(C(F)(F)F)cc(=O)[nH]2)n1. The largest absolute Gasteiger partial charge is 0.433 e. The molecule has 0 aliphatic carbocycles. The van der Waals surface area contributed by atoms with Gasteiger partial charge in [0.1, 0.15) is 0 Å². The molecule has 0 bridgehead atoms. The van der Waals surface area contributed by atoms with Gasteiger partial charge >= 0.3 is 6.18 Å². The lowest BCUT2D eigenvalue weighted by atomic mass is 10.4. The number of H-pyrrole nitrogens is 1.